The van der Waals surface area contributed by atoms with Crippen LogP contribution in [0.4, 0.5) is 0 Å². The van der Waals surface area contributed by atoms with Crippen molar-refractivity contribution in [2.75, 3.05) is 6.61 Å². The molecule has 0 bridgehead atoms. The van der Waals surface area contributed by atoms with Crippen LogP contribution in [0.25, 0.3) is 0 Å². The van der Waals surface area contributed by atoms with E-state index in [9.17, 15) is 9.90 Å². The highest BCUT2D eigenvalue weighted by atomic mass is 35.5. The molecule has 0 aliphatic carbocycles. The molecule has 0 aromatic heterocycles. The molecule has 1 rings (SSSR count). The van der Waals surface area contributed by atoms with Gasteiger partial charge in [-0.05, 0) is 18.6 Å². The SMILES string of the molecule is CCOC(=O)c1c(O)cccc1CCl. The normalized spacial score (nSPS) is 9.86. The lowest BCUT2D eigenvalue weighted by Gasteiger charge is -2.07. The van der Waals surface area contributed by atoms with E-state index < -0.39 is 5.97 Å². The Morgan fingerprint density at radius 3 is 2.86 bits per heavy atom. The Kier molecular flexibility index (Phi) is 3.77. The van der Waals surface area contributed by atoms with Crippen LogP contribution < -0.4 is 0 Å². The highest BCUT2D eigenvalue weighted by Crippen LogP contribution is 2.23. The molecule has 14 heavy (non-hydrogen) atoms. The molecule has 3 nitrogen and oxygen atoms in total. The van der Waals surface area contributed by atoms with E-state index in [4.69, 9.17) is 16.3 Å². The highest BCUT2D eigenvalue weighted by molar-refractivity contribution is 6.17. The van der Waals surface area contributed by atoms with Crippen molar-refractivity contribution < 1.29 is 14.6 Å². The average Bonchev–Trinajstić information content (AvgIpc) is 2.17. The maximum atomic E-state index is 11.4. The van der Waals surface area contributed by atoms with E-state index in [1.165, 1.54) is 6.07 Å². The van der Waals surface area contributed by atoms with Crippen molar-refractivity contribution in [3.05, 3.63) is 29.3 Å². The molecule has 1 aromatic carbocycles. The second-order valence-electron chi connectivity index (χ2n) is 2.67. The lowest BCUT2D eigenvalue weighted by molar-refractivity contribution is 0.0522. The molecule has 0 saturated heterocycles. The van der Waals surface area contributed by atoms with Crippen molar-refractivity contribution >= 4 is 17.6 Å². The number of phenolic OH excluding ortho intramolecular Hbond substituents is 1. The van der Waals surface area contributed by atoms with E-state index in [1.54, 1.807) is 19.1 Å². The Bertz CT molecular complexity index is 336. The van der Waals surface area contributed by atoms with Crippen LogP contribution in [-0.4, -0.2) is 17.7 Å². The number of hydrogen-bond donors (Lipinski definition) is 1. The summed E-state index contributed by atoms with van der Waals surface area (Å²) in [6.07, 6.45) is 0. The number of aromatic hydroxyl groups is 1. The molecule has 0 amide bonds. The molecule has 1 aromatic rings. The fourth-order valence-electron chi connectivity index (χ4n) is 1.14. The number of esters is 1. The van der Waals surface area contributed by atoms with Gasteiger partial charge in [-0.1, -0.05) is 12.1 Å². The van der Waals surface area contributed by atoms with Gasteiger partial charge in [-0.3, -0.25) is 0 Å². The van der Waals surface area contributed by atoms with Crippen molar-refractivity contribution in [2.24, 2.45) is 0 Å². The summed E-state index contributed by atoms with van der Waals surface area (Å²) in [6.45, 7) is 1.98. The predicted molar refractivity (Wildman–Crippen MR) is 53.6 cm³/mol. The fraction of sp³-hybridized carbons (Fsp3) is 0.300. The van der Waals surface area contributed by atoms with Gasteiger partial charge in [0.15, 0.2) is 0 Å². The second kappa shape index (κ2) is 4.86. The van der Waals surface area contributed by atoms with Crippen molar-refractivity contribution in [1.29, 1.82) is 0 Å². The van der Waals surface area contributed by atoms with Crippen LogP contribution in [0.3, 0.4) is 0 Å². The van der Waals surface area contributed by atoms with Gasteiger partial charge < -0.3 is 9.84 Å². The van der Waals surface area contributed by atoms with Gasteiger partial charge in [-0.15, -0.1) is 11.6 Å². The first-order valence-corrected chi connectivity index (χ1v) is 4.78. The summed E-state index contributed by atoms with van der Waals surface area (Å²) in [5, 5.41) is 9.46. The zero-order valence-electron chi connectivity index (χ0n) is 7.79. The number of phenols is 1. The Labute approximate surface area is 87.3 Å². The fourth-order valence-corrected chi connectivity index (χ4v) is 1.36. The van der Waals surface area contributed by atoms with E-state index in [1.807, 2.05) is 0 Å². The summed E-state index contributed by atoms with van der Waals surface area (Å²) < 4.78 is 4.79. The maximum Gasteiger partial charge on any atom is 0.342 e. The van der Waals surface area contributed by atoms with Gasteiger partial charge in [0.1, 0.15) is 11.3 Å². The number of benzene rings is 1. The number of carbonyl (C=O) groups excluding carboxylic acids is 1. The van der Waals surface area contributed by atoms with Crippen molar-refractivity contribution in [2.45, 2.75) is 12.8 Å². The van der Waals surface area contributed by atoms with E-state index in [0.29, 0.717) is 5.56 Å². The lowest BCUT2D eigenvalue weighted by Crippen LogP contribution is -2.07. The van der Waals surface area contributed by atoms with Crippen molar-refractivity contribution in [1.82, 2.24) is 0 Å². The first kappa shape index (κ1) is 10.9. The van der Waals surface area contributed by atoms with Crippen LogP contribution in [0.15, 0.2) is 18.2 Å². The third-order valence-corrected chi connectivity index (χ3v) is 2.04. The molecule has 76 valence electrons. The summed E-state index contributed by atoms with van der Waals surface area (Å²) in [6, 6.07) is 4.75. The maximum absolute atomic E-state index is 11.4. The van der Waals surface area contributed by atoms with E-state index in [-0.39, 0.29) is 23.8 Å². The molecule has 0 fully saturated rings. The third-order valence-electron chi connectivity index (χ3n) is 1.75. The monoisotopic (exact) mass is 214 g/mol. The molecule has 0 unspecified atom stereocenters. The smallest absolute Gasteiger partial charge is 0.342 e. The molecule has 0 spiro atoms. The van der Waals surface area contributed by atoms with Crippen molar-refractivity contribution in [3.8, 4) is 5.75 Å². The van der Waals surface area contributed by atoms with Gasteiger partial charge in [0, 0.05) is 5.88 Å². The first-order chi connectivity index (χ1) is 6.70. The van der Waals surface area contributed by atoms with Crippen LogP contribution in [0, 0.1) is 0 Å². The van der Waals surface area contributed by atoms with Gasteiger partial charge in [0.2, 0.25) is 0 Å². The molecular formula is C10H11ClO3. The van der Waals surface area contributed by atoms with Crippen LogP contribution in [0.5, 0.6) is 5.75 Å². The molecular weight excluding hydrogens is 204 g/mol. The third kappa shape index (κ3) is 2.17. The summed E-state index contributed by atoms with van der Waals surface area (Å²) in [5.74, 6) is -0.467. The van der Waals surface area contributed by atoms with Crippen LogP contribution in [0.1, 0.15) is 22.8 Å². The predicted octanol–water partition coefficient (Wildman–Crippen LogP) is 2.31. The van der Waals surface area contributed by atoms with E-state index >= 15 is 0 Å². The Morgan fingerprint density at radius 2 is 2.29 bits per heavy atom. The van der Waals surface area contributed by atoms with Gasteiger partial charge >= 0.3 is 5.97 Å². The summed E-state index contributed by atoms with van der Waals surface area (Å²) in [5.41, 5.74) is 0.731. The number of ether oxygens (including phenoxy) is 1. The summed E-state index contributed by atoms with van der Waals surface area (Å²) in [7, 11) is 0. The number of carbonyl (C=O) groups is 1. The minimum atomic E-state index is -0.541. The Hall–Kier alpha value is -1.22. The highest BCUT2D eigenvalue weighted by Gasteiger charge is 2.16. The lowest BCUT2D eigenvalue weighted by atomic mass is 10.1. The molecule has 0 saturated carbocycles. The second-order valence-corrected chi connectivity index (χ2v) is 2.93. The minimum absolute atomic E-state index is 0.0957. The minimum Gasteiger partial charge on any atom is -0.507 e. The van der Waals surface area contributed by atoms with Gasteiger partial charge in [0.25, 0.3) is 0 Å². The first-order valence-electron chi connectivity index (χ1n) is 4.24. The number of halogens is 1. The molecule has 1 N–H and O–H groups in total. The van der Waals surface area contributed by atoms with Crippen LogP contribution >= 0.6 is 11.6 Å². The molecule has 0 aliphatic heterocycles. The molecule has 4 heteroatoms. The summed E-state index contributed by atoms with van der Waals surface area (Å²) in [4.78, 5) is 11.4. The largest absolute Gasteiger partial charge is 0.507 e. The number of hydrogen-bond acceptors (Lipinski definition) is 3. The Balaban J connectivity index is 3.10. The quantitative estimate of drug-likeness (QED) is 0.621. The number of rotatable bonds is 3. The van der Waals surface area contributed by atoms with E-state index in [2.05, 4.69) is 0 Å². The molecule has 0 heterocycles. The zero-order valence-corrected chi connectivity index (χ0v) is 8.54. The van der Waals surface area contributed by atoms with Gasteiger partial charge in [0.05, 0.1) is 6.61 Å². The van der Waals surface area contributed by atoms with Crippen LogP contribution in [-0.2, 0) is 10.6 Å². The van der Waals surface area contributed by atoms with Crippen molar-refractivity contribution in [3.63, 3.8) is 0 Å². The topological polar surface area (TPSA) is 46.5 Å². The van der Waals surface area contributed by atoms with E-state index in [0.717, 1.165) is 0 Å². The van der Waals surface area contributed by atoms with Gasteiger partial charge in [-0.2, -0.15) is 0 Å². The summed E-state index contributed by atoms with van der Waals surface area (Å²) >= 11 is 5.63. The molecule has 0 aliphatic rings. The average molecular weight is 215 g/mol. The molecule has 0 radical (unpaired) electrons. The van der Waals surface area contributed by atoms with Crippen LogP contribution in [0.2, 0.25) is 0 Å². The Morgan fingerprint density at radius 1 is 1.57 bits per heavy atom. The zero-order chi connectivity index (χ0) is 10.6. The molecule has 0 atom stereocenters. The number of alkyl halides is 1. The standard InChI is InChI=1S/C10H11ClO3/c1-2-14-10(13)9-7(6-11)4-3-5-8(9)12/h3-5,12H,2,6H2,1H3. The van der Waals surface area contributed by atoms with Gasteiger partial charge in [-0.25, -0.2) is 4.79 Å².